The number of aromatic hydroxyl groups is 4. The summed E-state index contributed by atoms with van der Waals surface area (Å²) in [5.41, 5.74) is -0.154. The Kier molecular flexibility index (Phi) is 11.4. The summed E-state index contributed by atoms with van der Waals surface area (Å²) in [6.07, 6.45) is -24.5. The second kappa shape index (κ2) is 15.5. The monoisotopic (exact) mass is 760 g/mol. The molecule has 294 valence electrons. The summed E-state index contributed by atoms with van der Waals surface area (Å²) >= 11 is 0. The molecule has 3 saturated heterocycles. The fourth-order valence-electron chi connectivity index (χ4n) is 6.21. The maximum Gasteiger partial charge on any atom is 0.229 e. The lowest BCUT2D eigenvalue weighted by Crippen LogP contribution is -2.63. The first-order valence-corrected chi connectivity index (χ1v) is 16.2. The van der Waals surface area contributed by atoms with Gasteiger partial charge in [-0.05, 0) is 18.2 Å². The molecule has 0 aliphatic carbocycles. The molecule has 4 aliphatic rings. The van der Waals surface area contributed by atoms with Gasteiger partial charge in [0.1, 0.15) is 84.0 Å². The zero-order valence-electron chi connectivity index (χ0n) is 27.3. The standard InChI is InChI=1S/C32H40O21/c33-6-18-22(41)24(43)27(46)31(51-18)49-16-4-10(35)3-15-11(16)5-17(28(48-15)9-1-12(36)20(39)13(37)2-9)50-32-29(25(44)23(42)19(7-34)52-32)53-30-26(45)21(40)14(38)8-47-30/h1-5,14,18-19,21-46H,6-8H2/t14-,18-,19-,21-,22-,23+,24+,25+,26-,27-,28?,29-,30-,31-,32-/m1/s1. The molecule has 0 saturated carbocycles. The van der Waals surface area contributed by atoms with E-state index in [9.17, 15) is 71.5 Å². The molecule has 21 heteroatoms. The van der Waals surface area contributed by atoms with Crippen LogP contribution in [-0.4, -0.2) is 177 Å². The van der Waals surface area contributed by atoms with Crippen molar-refractivity contribution in [2.45, 2.75) is 92.1 Å². The first-order valence-electron chi connectivity index (χ1n) is 16.2. The number of phenols is 4. The van der Waals surface area contributed by atoms with Gasteiger partial charge in [-0.2, -0.15) is 0 Å². The van der Waals surface area contributed by atoms with E-state index < -0.39 is 135 Å². The number of rotatable bonds is 9. The van der Waals surface area contributed by atoms with Gasteiger partial charge < -0.3 is 105 Å². The van der Waals surface area contributed by atoms with Crippen LogP contribution < -0.4 is 9.47 Å². The number of fused-ring (bicyclic) bond motifs is 1. The Bertz CT molecular complexity index is 1610. The fourth-order valence-corrected chi connectivity index (χ4v) is 6.21. The van der Waals surface area contributed by atoms with Crippen molar-refractivity contribution < 1.29 is 105 Å². The summed E-state index contributed by atoms with van der Waals surface area (Å²) in [5, 5.41) is 144. The van der Waals surface area contributed by atoms with Crippen molar-refractivity contribution in [1.29, 1.82) is 0 Å². The Balaban J connectivity index is 1.41. The van der Waals surface area contributed by atoms with Gasteiger partial charge in [0.05, 0.1) is 25.4 Å². The van der Waals surface area contributed by atoms with E-state index in [0.29, 0.717) is 0 Å². The third-order valence-corrected chi connectivity index (χ3v) is 9.19. The number of aliphatic hydroxyl groups excluding tert-OH is 10. The van der Waals surface area contributed by atoms with Crippen molar-refractivity contribution >= 4 is 6.08 Å². The number of benzene rings is 2. The highest BCUT2D eigenvalue weighted by Crippen LogP contribution is 2.48. The SMILES string of the molecule is OC[C@H]1O[C@@H](OC2=Cc3c(cc(O)cc3O[C@@H]3O[C@H](CO)[C@@H](O)[C@H](O)[C@H]3O)OC2c2cc(O)c(O)c(O)c2)[C@H](O[C@H]2OC[C@@H](O)[C@@H](O)[C@H]2O)[C@@H](O)[C@H]1O. The number of ether oxygens (including phenoxy) is 7. The molecule has 3 fully saturated rings. The first kappa shape index (κ1) is 38.9. The normalized spacial score (nSPS) is 38.7. The molecule has 1 unspecified atom stereocenters. The van der Waals surface area contributed by atoms with Crippen LogP contribution in [0.2, 0.25) is 0 Å². The molecule has 0 spiro atoms. The van der Waals surface area contributed by atoms with E-state index in [2.05, 4.69) is 0 Å². The summed E-state index contributed by atoms with van der Waals surface area (Å²) in [4.78, 5) is 0. The van der Waals surface area contributed by atoms with Crippen LogP contribution in [0.4, 0.5) is 0 Å². The summed E-state index contributed by atoms with van der Waals surface area (Å²) in [7, 11) is 0. The van der Waals surface area contributed by atoms with Crippen LogP contribution in [0.15, 0.2) is 30.0 Å². The van der Waals surface area contributed by atoms with Crippen LogP contribution >= 0.6 is 0 Å². The van der Waals surface area contributed by atoms with Gasteiger partial charge in [0, 0.05) is 17.7 Å². The van der Waals surface area contributed by atoms with Crippen LogP contribution in [0.25, 0.3) is 6.08 Å². The predicted octanol–water partition coefficient (Wildman–Crippen LogP) is -4.56. The van der Waals surface area contributed by atoms with Crippen LogP contribution in [0.5, 0.6) is 34.5 Å². The van der Waals surface area contributed by atoms with Crippen molar-refractivity contribution in [2.24, 2.45) is 0 Å². The third kappa shape index (κ3) is 7.50. The smallest absolute Gasteiger partial charge is 0.229 e. The molecule has 4 aliphatic heterocycles. The molecule has 0 radical (unpaired) electrons. The van der Waals surface area contributed by atoms with Crippen molar-refractivity contribution in [3.63, 3.8) is 0 Å². The Hall–Kier alpha value is -3.78. The highest BCUT2D eigenvalue weighted by Gasteiger charge is 2.51. The second-order valence-electron chi connectivity index (χ2n) is 12.8. The third-order valence-electron chi connectivity index (χ3n) is 9.19. The number of hydrogen-bond donors (Lipinski definition) is 14. The molecule has 14 N–H and O–H groups in total. The van der Waals surface area contributed by atoms with Gasteiger partial charge in [0.25, 0.3) is 0 Å². The van der Waals surface area contributed by atoms with E-state index in [4.69, 9.17) is 33.2 Å². The van der Waals surface area contributed by atoms with Crippen molar-refractivity contribution in [2.75, 3.05) is 19.8 Å². The molecule has 4 heterocycles. The lowest BCUT2D eigenvalue weighted by Gasteiger charge is -2.45. The van der Waals surface area contributed by atoms with Gasteiger partial charge >= 0.3 is 0 Å². The summed E-state index contributed by atoms with van der Waals surface area (Å²) in [5.74, 6) is -3.74. The highest BCUT2D eigenvalue weighted by atomic mass is 16.8. The minimum Gasteiger partial charge on any atom is -0.508 e. The van der Waals surface area contributed by atoms with E-state index in [-0.39, 0.29) is 28.4 Å². The zero-order valence-corrected chi connectivity index (χ0v) is 27.3. The van der Waals surface area contributed by atoms with Gasteiger partial charge in [0.15, 0.2) is 35.7 Å². The minimum absolute atomic E-state index is 0.0612. The molecule has 0 aromatic heterocycles. The van der Waals surface area contributed by atoms with Crippen LogP contribution in [0.1, 0.15) is 17.2 Å². The highest BCUT2D eigenvalue weighted by molar-refractivity contribution is 5.70. The Labute approximate surface area is 298 Å². The molecule has 53 heavy (non-hydrogen) atoms. The lowest BCUT2D eigenvalue weighted by atomic mass is 9.97. The molecule has 21 nitrogen and oxygen atoms in total. The average molecular weight is 761 g/mol. The van der Waals surface area contributed by atoms with Crippen molar-refractivity contribution in [3.8, 4) is 34.5 Å². The van der Waals surface area contributed by atoms with Crippen LogP contribution in [0, 0.1) is 0 Å². The largest absolute Gasteiger partial charge is 0.508 e. The Morgan fingerprint density at radius 2 is 1.25 bits per heavy atom. The first-order chi connectivity index (χ1) is 25.1. The van der Waals surface area contributed by atoms with Gasteiger partial charge in [-0.3, -0.25) is 0 Å². The second-order valence-corrected chi connectivity index (χ2v) is 12.8. The van der Waals surface area contributed by atoms with E-state index in [1.54, 1.807) is 0 Å². The molecular formula is C32H40O21. The topological polar surface area (TPSA) is 348 Å². The quantitative estimate of drug-likeness (QED) is 0.107. The molecule has 0 amide bonds. The van der Waals surface area contributed by atoms with Crippen molar-refractivity contribution in [1.82, 2.24) is 0 Å². The summed E-state index contributed by atoms with van der Waals surface area (Å²) in [6.45, 7) is -2.13. The van der Waals surface area contributed by atoms with Gasteiger partial charge in [-0.15, -0.1) is 0 Å². The Morgan fingerprint density at radius 3 is 1.89 bits per heavy atom. The van der Waals surface area contributed by atoms with Gasteiger partial charge in [0.2, 0.25) is 12.6 Å². The number of hydrogen-bond acceptors (Lipinski definition) is 21. The minimum atomic E-state index is -1.93. The van der Waals surface area contributed by atoms with Crippen LogP contribution in [-0.2, 0) is 23.7 Å². The van der Waals surface area contributed by atoms with E-state index in [0.717, 1.165) is 24.3 Å². The van der Waals surface area contributed by atoms with Crippen molar-refractivity contribution in [3.05, 3.63) is 41.2 Å². The molecular weight excluding hydrogens is 720 g/mol. The zero-order chi connectivity index (χ0) is 38.5. The number of aliphatic hydroxyl groups is 10. The van der Waals surface area contributed by atoms with E-state index >= 15 is 0 Å². The summed E-state index contributed by atoms with van der Waals surface area (Å²) < 4.78 is 40.2. The van der Waals surface area contributed by atoms with Gasteiger partial charge in [-0.1, -0.05) is 0 Å². The predicted molar refractivity (Wildman–Crippen MR) is 167 cm³/mol. The lowest BCUT2D eigenvalue weighted by molar-refractivity contribution is -0.352. The van der Waals surface area contributed by atoms with Gasteiger partial charge in [-0.25, -0.2) is 0 Å². The molecule has 6 rings (SSSR count). The maximum absolute atomic E-state index is 11.1. The fraction of sp³-hybridized carbons (Fsp3) is 0.562. The molecule has 0 bridgehead atoms. The maximum atomic E-state index is 11.1. The molecule has 2 aromatic rings. The average Bonchev–Trinajstić information content (AvgIpc) is 3.13. The van der Waals surface area contributed by atoms with Crippen LogP contribution in [0.3, 0.4) is 0 Å². The number of phenolic OH excluding ortho intramolecular Hbond substituents is 4. The molecule has 15 atom stereocenters. The summed E-state index contributed by atoms with van der Waals surface area (Å²) in [6, 6.07) is 4.13. The van der Waals surface area contributed by atoms with E-state index in [1.807, 2.05) is 0 Å². The van der Waals surface area contributed by atoms with E-state index in [1.165, 1.54) is 6.08 Å². The molecule has 2 aromatic carbocycles. The Morgan fingerprint density at radius 1 is 0.642 bits per heavy atom.